The summed E-state index contributed by atoms with van der Waals surface area (Å²) in [6, 6.07) is 13.2. The van der Waals surface area contributed by atoms with Crippen molar-refractivity contribution in [2.24, 2.45) is 0 Å². The molecular weight excluding hydrogens is 406 g/mol. The van der Waals surface area contributed by atoms with Gasteiger partial charge in [0.15, 0.2) is 5.82 Å². The molecule has 28 heavy (non-hydrogen) atoms. The number of nitrogens with one attached hydrogen (secondary N) is 1. The van der Waals surface area contributed by atoms with E-state index in [0.717, 1.165) is 10.9 Å². The molecule has 1 N–H and O–H groups in total. The van der Waals surface area contributed by atoms with Crippen LogP contribution in [-0.2, 0) is 0 Å². The van der Waals surface area contributed by atoms with Crippen molar-refractivity contribution in [1.29, 1.82) is 0 Å². The zero-order chi connectivity index (χ0) is 19.7. The Morgan fingerprint density at radius 1 is 1.11 bits per heavy atom. The number of amides is 1. The van der Waals surface area contributed by atoms with Crippen LogP contribution in [0.2, 0.25) is 5.02 Å². The molecule has 1 amide bonds. The van der Waals surface area contributed by atoms with E-state index in [1.165, 1.54) is 46.4 Å². The van der Waals surface area contributed by atoms with E-state index in [2.05, 4.69) is 15.4 Å². The van der Waals surface area contributed by atoms with Gasteiger partial charge >= 0.3 is 0 Å². The van der Waals surface area contributed by atoms with Crippen LogP contribution in [-0.4, -0.2) is 20.7 Å². The fraction of sp³-hybridized carbons (Fsp3) is 0. The van der Waals surface area contributed by atoms with Crippen LogP contribution in [0.4, 0.5) is 14.5 Å². The SMILES string of the molecule is O=C(Nc1cc(Cl)ccc1F)c1nc(-c2cccs2)n(-c2cccc(F)c2)n1. The number of nitrogens with zero attached hydrogens (tertiary/aromatic N) is 3. The minimum absolute atomic E-state index is 0.0859. The van der Waals surface area contributed by atoms with E-state index in [0.29, 0.717) is 11.5 Å². The first kappa shape index (κ1) is 18.3. The molecule has 140 valence electrons. The largest absolute Gasteiger partial charge is 0.317 e. The molecule has 2 heterocycles. The number of carbonyl (C=O) groups excluding carboxylic acids is 1. The smallest absolute Gasteiger partial charge is 0.295 e. The second-order valence-corrected chi connectivity index (χ2v) is 7.09. The van der Waals surface area contributed by atoms with Gasteiger partial charge in [0.1, 0.15) is 11.6 Å². The van der Waals surface area contributed by atoms with Gasteiger partial charge in [-0.25, -0.2) is 18.4 Å². The van der Waals surface area contributed by atoms with Crippen molar-refractivity contribution in [3.63, 3.8) is 0 Å². The first-order valence-electron chi connectivity index (χ1n) is 8.04. The van der Waals surface area contributed by atoms with E-state index in [1.54, 1.807) is 6.07 Å². The van der Waals surface area contributed by atoms with Crippen molar-refractivity contribution in [3.8, 4) is 16.4 Å². The second kappa shape index (κ2) is 7.49. The summed E-state index contributed by atoms with van der Waals surface area (Å²) in [4.78, 5) is 17.6. The molecule has 2 aromatic heterocycles. The quantitative estimate of drug-likeness (QED) is 0.498. The molecule has 5 nitrogen and oxygen atoms in total. The number of hydrogen-bond acceptors (Lipinski definition) is 4. The number of thiophene rings is 1. The molecule has 2 aromatic carbocycles. The Bertz CT molecular complexity index is 1160. The molecular formula is C19H11ClF2N4OS. The first-order valence-corrected chi connectivity index (χ1v) is 9.30. The fourth-order valence-electron chi connectivity index (χ4n) is 2.53. The van der Waals surface area contributed by atoms with Gasteiger partial charge in [-0.05, 0) is 47.8 Å². The van der Waals surface area contributed by atoms with Crippen molar-refractivity contribution >= 4 is 34.5 Å². The molecule has 0 aliphatic heterocycles. The molecule has 4 aromatic rings. The molecule has 0 aliphatic carbocycles. The highest BCUT2D eigenvalue weighted by Crippen LogP contribution is 2.26. The maximum atomic E-state index is 13.9. The molecule has 0 unspecified atom stereocenters. The van der Waals surface area contributed by atoms with Gasteiger partial charge in [-0.2, -0.15) is 0 Å². The summed E-state index contributed by atoms with van der Waals surface area (Å²) in [5.74, 6) is -1.61. The average molecular weight is 417 g/mol. The van der Waals surface area contributed by atoms with Gasteiger partial charge in [0.2, 0.25) is 5.82 Å². The van der Waals surface area contributed by atoms with Crippen molar-refractivity contribution in [3.05, 3.63) is 82.5 Å². The normalized spacial score (nSPS) is 10.8. The number of hydrogen-bond donors (Lipinski definition) is 1. The van der Waals surface area contributed by atoms with Crippen LogP contribution in [0.3, 0.4) is 0 Å². The lowest BCUT2D eigenvalue weighted by Gasteiger charge is -2.05. The molecule has 0 fully saturated rings. The summed E-state index contributed by atoms with van der Waals surface area (Å²) in [5.41, 5.74) is 0.321. The third-order valence-electron chi connectivity index (χ3n) is 3.78. The van der Waals surface area contributed by atoms with Gasteiger partial charge in [-0.15, -0.1) is 16.4 Å². The zero-order valence-corrected chi connectivity index (χ0v) is 15.6. The molecule has 0 aliphatic rings. The highest BCUT2D eigenvalue weighted by molar-refractivity contribution is 7.13. The van der Waals surface area contributed by atoms with Crippen LogP contribution in [0, 0.1) is 11.6 Å². The van der Waals surface area contributed by atoms with Crippen molar-refractivity contribution in [2.75, 3.05) is 5.32 Å². The van der Waals surface area contributed by atoms with Crippen LogP contribution in [0.5, 0.6) is 0 Å². The van der Waals surface area contributed by atoms with E-state index < -0.39 is 17.5 Å². The summed E-state index contributed by atoms with van der Waals surface area (Å²) in [7, 11) is 0. The lowest BCUT2D eigenvalue weighted by molar-refractivity contribution is 0.101. The van der Waals surface area contributed by atoms with E-state index >= 15 is 0 Å². The molecule has 4 rings (SSSR count). The Morgan fingerprint density at radius 2 is 1.96 bits per heavy atom. The molecule has 0 bridgehead atoms. The standard InChI is InChI=1S/C19H11ClF2N4OS/c20-11-6-7-14(22)15(9-11)23-19(27)17-24-18(16-5-2-8-28-16)26(25-17)13-4-1-3-12(21)10-13/h1-10H,(H,23,27). The summed E-state index contributed by atoms with van der Waals surface area (Å²) in [6.07, 6.45) is 0. The number of anilines is 1. The lowest BCUT2D eigenvalue weighted by Crippen LogP contribution is -2.15. The molecule has 0 saturated carbocycles. The Hall–Kier alpha value is -3.10. The summed E-state index contributed by atoms with van der Waals surface area (Å²) < 4.78 is 28.9. The Labute approximate surface area is 167 Å². The van der Waals surface area contributed by atoms with Crippen molar-refractivity contribution in [2.45, 2.75) is 0 Å². The van der Waals surface area contributed by atoms with Gasteiger partial charge in [-0.3, -0.25) is 4.79 Å². The summed E-state index contributed by atoms with van der Waals surface area (Å²) >= 11 is 7.25. The van der Waals surface area contributed by atoms with Gasteiger partial charge in [0.25, 0.3) is 5.91 Å². The Kier molecular flexibility index (Phi) is 4.89. The molecule has 0 atom stereocenters. The summed E-state index contributed by atoms with van der Waals surface area (Å²) in [6.45, 7) is 0. The number of aromatic nitrogens is 3. The van der Waals surface area contributed by atoms with E-state index in [-0.39, 0.29) is 16.5 Å². The van der Waals surface area contributed by atoms with E-state index in [9.17, 15) is 13.6 Å². The number of rotatable bonds is 4. The van der Waals surface area contributed by atoms with Crippen molar-refractivity contribution in [1.82, 2.24) is 14.8 Å². The predicted octanol–water partition coefficient (Wildman–Crippen LogP) is 5.18. The van der Waals surface area contributed by atoms with Crippen LogP contribution >= 0.6 is 22.9 Å². The zero-order valence-electron chi connectivity index (χ0n) is 14.1. The summed E-state index contributed by atoms with van der Waals surface area (Å²) in [5, 5.41) is 8.73. The van der Waals surface area contributed by atoms with Gasteiger partial charge in [0.05, 0.1) is 16.3 Å². The van der Waals surface area contributed by atoms with Crippen molar-refractivity contribution < 1.29 is 13.6 Å². The third kappa shape index (κ3) is 3.64. The lowest BCUT2D eigenvalue weighted by atomic mass is 10.3. The minimum atomic E-state index is -0.714. The molecule has 0 spiro atoms. The van der Waals surface area contributed by atoms with Gasteiger partial charge < -0.3 is 5.32 Å². The predicted molar refractivity (Wildman–Crippen MR) is 104 cm³/mol. The van der Waals surface area contributed by atoms with E-state index in [4.69, 9.17) is 11.6 Å². The highest BCUT2D eigenvalue weighted by Gasteiger charge is 2.20. The minimum Gasteiger partial charge on any atom is -0.317 e. The Balaban J connectivity index is 1.75. The van der Waals surface area contributed by atoms with Crippen LogP contribution in [0.25, 0.3) is 16.4 Å². The maximum Gasteiger partial charge on any atom is 0.295 e. The molecule has 0 saturated heterocycles. The van der Waals surface area contributed by atoms with Crippen LogP contribution in [0.1, 0.15) is 10.6 Å². The monoisotopic (exact) mass is 416 g/mol. The first-order chi connectivity index (χ1) is 13.5. The van der Waals surface area contributed by atoms with Gasteiger partial charge in [0, 0.05) is 5.02 Å². The fourth-order valence-corrected chi connectivity index (χ4v) is 3.40. The maximum absolute atomic E-state index is 13.9. The number of carbonyl (C=O) groups is 1. The number of benzene rings is 2. The second-order valence-electron chi connectivity index (χ2n) is 5.71. The van der Waals surface area contributed by atoms with Gasteiger partial charge in [-0.1, -0.05) is 23.7 Å². The molecule has 9 heteroatoms. The van der Waals surface area contributed by atoms with E-state index in [1.807, 2.05) is 17.5 Å². The Morgan fingerprint density at radius 3 is 2.71 bits per heavy atom. The average Bonchev–Trinajstić information content (AvgIpc) is 3.34. The van der Waals surface area contributed by atoms with Crippen LogP contribution in [0.15, 0.2) is 60.0 Å². The topological polar surface area (TPSA) is 59.8 Å². The highest BCUT2D eigenvalue weighted by atomic mass is 35.5. The molecule has 0 radical (unpaired) electrons. The third-order valence-corrected chi connectivity index (χ3v) is 4.88. The number of halogens is 3. The van der Waals surface area contributed by atoms with Crippen LogP contribution < -0.4 is 5.32 Å².